The molecule has 2 aromatic rings. The van der Waals surface area contributed by atoms with E-state index in [1.165, 1.54) is 12.0 Å². The van der Waals surface area contributed by atoms with E-state index in [2.05, 4.69) is 4.98 Å². The van der Waals surface area contributed by atoms with Gasteiger partial charge < -0.3 is 20.2 Å². The zero-order valence-corrected chi connectivity index (χ0v) is 15.6. The maximum absolute atomic E-state index is 13.8. The number of H-pyrrole nitrogens is 1. The number of rotatable bonds is 2. The fourth-order valence-corrected chi connectivity index (χ4v) is 4.00. The number of hydrogen-bond donors (Lipinski definition) is 2. The van der Waals surface area contributed by atoms with Gasteiger partial charge in [0.1, 0.15) is 23.9 Å². The molecule has 0 aliphatic carbocycles. The number of nitrogens with one attached hydrogen (secondary N) is 1. The molecule has 0 saturated carbocycles. The number of aromatic nitrogens is 1. The number of aryl methyl sites for hydroxylation is 1. The molecule has 1 amide bonds. The van der Waals surface area contributed by atoms with Crippen LogP contribution in [0.15, 0.2) is 46.6 Å². The molecule has 9 heteroatoms. The first-order valence-electron chi connectivity index (χ1n) is 8.67. The molecule has 3 heterocycles. The Morgan fingerprint density at radius 1 is 1.38 bits per heavy atom. The number of aromatic amines is 1. The number of carbonyl (C=O) groups is 2. The van der Waals surface area contributed by atoms with Gasteiger partial charge in [-0.2, -0.15) is 5.26 Å². The minimum absolute atomic E-state index is 0.0429. The smallest absolute Gasteiger partial charge is 0.325 e. The second-order valence-electron chi connectivity index (χ2n) is 6.71. The van der Waals surface area contributed by atoms with Gasteiger partial charge in [0, 0.05) is 23.0 Å². The number of nitrogens with zero attached hydrogens (tertiary/aromatic N) is 2. The van der Waals surface area contributed by atoms with Gasteiger partial charge in [-0.05, 0) is 13.0 Å². The van der Waals surface area contributed by atoms with Gasteiger partial charge in [0.05, 0.1) is 12.7 Å². The van der Waals surface area contributed by atoms with Crippen LogP contribution in [-0.2, 0) is 19.7 Å². The van der Waals surface area contributed by atoms with E-state index < -0.39 is 22.9 Å². The second-order valence-corrected chi connectivity index (χ2v) is 6.71. The Morgan fingerprint density at radius 2 is 2.10 bits per heavy atom. The van der Waals surface area contributed by atoms with Gasteiger partial charge in [-0.1, -0.05) is 18.2 Å². The van der Waals surface area contributed by atoms with Gasteiger partial charge in [-0.3, -0.25) is 19.3 Å². The number of hydrogen-bond acceptors (Lipinski definition) is 7. The van der Waals surface area contributed by atoms with E-state index in [1.54, 1.807) is 37.3 Å². The van der Waals surface area contributed by atoms with Gasteiger partial charge >= 0.3 is 5.97 Å². The van der Waals surface area contributed by atoms with Crippen LogP contribution >= 0.6 is 0 Å². The lowest BCUT2D eigenvalue weighted by molar-refractivity contribution is -0.140. The summed E-state index contributed by atoms with van der Waals surface area (Å²) in [7, 11) is 1.21. The Hall–Kier alpha value is -4.06. The highest BCUT2D eigenvalue weighted by Crippen LogP contribution is 2.53. The molecule has 0 radical (unpaired) electrons. The zero-order chi connectivity index (χ0) is 20.9. The topological polar surface area (TPSA) is 139 Å². The van der Waals surface area contributed by atoms with E-state index in [-0.39, 0.29) is 29.3 Å². The number of nitrogens with two attached hydrogens (primary N) is 1. The fraction of sp³-hybridized carbons (Fsp3) is 0.200. The molecule has 146 valence electrons. The average molecular weight is 392 g/mol. The number of anilines is 1. The van der Waals surface area contributed by atoms with Crippen LogP contribution in [0.2, 0.25) is 0 Å². The largest absolute Gasteiger partial charge is 0.468 e. The number of amides is 1. The third-order valence-corrected chi connectivity index (χ3v) is 5.14. The van der Waals surface area contributed by atoms with Crippen molar-refractivity contribution < 1.29 is 19.1 Å². The molecule has 29 heavy (non-hydrogen) atoms. The molecule has 0 fully saturated rings. The summed E-state index contributed by atoms with van der Waals surface area (Å²) < 4.78 is 10.2. The van der Waals surface area contributed by atoms with Crippen molar-refractivity contribution in [1.29, 1.82) is 5.26 Å². The molecular weight excluding hydrogens is 376 g/mol. The predicted molar refractivity (Wildman–Crippen MR) is 101 cm³/mol. The van der Waals surface area contributed by atoms with Crippen molar-refractivity contribution >= 4 is 17.6 Å². The zero-order valence-electron chi connectivity index (χ0n) is 15.6. The first kappa shape index (κ1) is 18.3. The SMILES string of the molecule is COC(=O)CN1C(=O)C2(C(C#N)=C(N)Oc3cc(C)[nH]c(=O)c32)c2ccccc21. The molecule has 2 aliphatic rings. The number of para-hydroxylation sites is 1. The third kappa shape index (κ3) is 2.29. The van der Waals surface area contributed by atoms with Crippen LogP contribution in [0.3, 0.4) is 0 Å². The summed E-state index contributed by atoms with van der Waals surface area (Å²) in [5.74, 6) is -1.48. The molecule has 1 atom stereocenters. The number of pyridine rings is 1. The van der Waals surface area contributed by atoms with Crippen LogP contribution in [0.5, 0.6) is 5.75 Å². The molecule has 4 rings (SSSR count). The van der Waals surface area contributed by atoms with Gasteiger partial charge in [-0.25, -0.2) is 0 Å². The molecule has 9 nitrogen and oxygen atoms in total. The Balaban J connectivity index is 2.12. The van der Waals surface area contributed by atoms with E-state index in [0.29, 0.717) is 16.9 Å². The Morgan fingerprint density at radius 3 is 2.79 bits per heavy atom. The number of ether oxygens (including phenoxy) is 2. The first-order valence-corrected chi connectivity index (χ1v) is 8.67. The van der Waals surface area contributed by atoms with E-state index in [0.717, 1.165) is 0 Å². The van der Waals surface area contributed by atoms with Crippen LogP contribution in [0, 0.1) is 18.3 Å². The highest BCUT2D eigenvalue weighted by atomic mass is 16.5. The lowest BCUT2D eigenvalue weighted by Gasteiger charge is -2.33. The number of nitriles is 1. The van der Waals surface area contributed by atoms with Gasteiger partial charge in [0.25, 0.3) is 5.56 Å². The molecular formula is C20H16N4O5. The number of benzene rings is 1. The third-order valence-electron chi connectivity index (χ3n) is 5.14. The van der Waals surface area contributed by atoms with E-state index in [4.69, 9.17) is 15.2 Å². The number of fused-ring (bicyclic) bond motifs is 4. The van der Waals surface area contributed by atoms with Crippen LogP contribution in [-0.4, -0.2) is 30.5 Å². The Kier molecular flexibility index (Phi) is 3.94. The standard InChI is InChI=1S/C20H16N4O5/c1-10-7-14-16(18(26)23-10)20(12(8-21)17(22)29-14)11-5-3-4-6-13(11)24(19(20)27)9-15(25)28-2/h3-7H,9,22H2,1-2H3,(H,23,26). The molecule has 0 bridgehead atoms. The summed E-state index contributed by atoms with van der Waals surface area (Å²) in [5, 5.41) is 9.87. The van der Waals surface area contributed by atoms with Crippen LogP contribution < -0.4 is 20.9 Å². The average Bonchev–Trinajstić information content (AvgIpc) is 2.91. The van der Waals surface area contributed by atoms with Crippen molar-refractivity contribution in [2.45, 2.75) is 12.3 Å². The summed E-state index contributed by atoms with van der Waals surface area (Å²) in [4.78, 5) is 42.6. The predicted octanol–water partition coefficient (Wildman–Crippen LogP) is 0.575. The molecule has 1 aromatic heterocycles. The van der Waals surface area contributed by atoms with E-state index >= 15 is 0 Å². The lowest BCUT2D eigenvalue weighted by Crippen LogP contribution is -2.49. The van der Waals surface area contributed by atoms with Gasteiger partial charge in [0.15, 0.2) is 5.41 Å². The van der Waals surface area contributed by atoms with Crippen molar-refractivity contribution in [2.75, 3.05) is 18.6 Å². The molecule has 1 spiro atoms. The maximum atomic E-state index is 13.8. The van der Waals surface area contributed by atoms with Crippen LogP contribution in [0.1, 0.15) is 16.8 Å². The van der Waals surface area contributed by atoms with Crippen molar-refractivity contribution in [1.82, 2.24) is 4.98 Å². The van der Waals surface area contributed by atoms with E-state index in [9.17, 15) is 19.6 Å². The maximum Gasteiger partial charge on any atom is 0.325 e. The van der Waals surface area contributed by atoms with E-state index in [1.807, 2.05) is 6.07 Å². The van der Waals surface area contributed by atoms with Crippen molar-refractivity contribution in [3.05, 3.63) is 69.0 Å². The minimum atomic E-state index is -1.82. The number of esters is 1. The summed E-state index contributed by atoms with van der Waals surface area (Å²) in [5.41, 5.74) is 4.62. The van der Waals surface area contributed by atoms with Crippen LogP contribution in [0.25, 0.3) is 0 Å². The monoisotopic (exact) mass is 392 g/mol. The van der Waals surface area contributed by atoms with Crippen molar-refractivity contribution in [3.8, 4) is 11.8 Å². The highest BCUT2D eigenvalue weighted by molar-refractivity contribution is 6.15. The molecule has 0 saturated heterocycles. The summed E-state index contributed by atoms with van der Waals surface area (Å²) >= 11 is 0. The lowest BCUT2D eigenvalue weighted by atomic mass is 9.69. The van der Waals surface area contributed by atoms with Crippen molar-refractivity contribution in [3.63, 3.8) is 0 Å². The van der Waals surface area contributed by atoms with Gasteiger partial charge in [-0.15, -0.1) is 0 Å². The summed E-state index contributed by atoms with van der Waals surface area (Å²) in [6.45, 7) is 1.28. The first-order chi connectivity index (χ1) is 13.9. The minimum Gasteiger partial charge on any atom is -0.468 e. The number of methoxy groups -OCH3 is 1. The second kappa shape index (κ2) is 6.24. The molecule has 3 N–H and O–H groups in total. The Bertz CT molecular complexity index is 1210. The Labute approximate surface area is 164 Å². The molecule has 1 unspecified atom stereocenters. The summed E-state index contributed by atoms with van der Waals surface area (Å²) in [6, 6.07) is 10.1. The molecule has 2 aliphatic heterocycles. The van der Waals surface area contributed by atoms with Crippen molar-refractivity contribution in [2.24, 2.45) is 5.73 Å². The highest BCUT2D eigenvalue weighted by Gasteiger charge is 2.60. The normalized spacial score (nSPS) is 19.5. The van der Waals surface area contributed by atoms with Gasteiger partial charge in [0.2, 0.25) is 11.8 Å². The summed E-state index contributed by atoms with van der Waals surface area (Å²) in [6.07, 6.45) is 0. The van der Waals surface area contributed by atoms with Crippen LogP contribution in [0.4, 0.5) is 5.69 Å². The number of carbonyl (C=O) groups excluding carboxylic acids is 2. The molecule has 1 aromatic carbocycles. The quantitative estimate of drug-likeness (QED) is 0.713. The fourth-order valence-electron chi connectivity index (χ4n) is 4.00.